The predicted octanol–water partition coefficient (Wildman–Crippen LogP) is 1.49. The maximum Gasteiger partial charge on any atom is 0.186 e. The third-order valence-electron chi connectivity index (χ3n) is 3.35. The van der Waals surface area contributed by atoms with Gasteiger partial charge in [-0.15, -0.1) is 0 Å². The number of hydrogen-bond donors (Lipinski definition) is 2. The van der Waals surface area contributed by atoms with E-state index in [0.717, 1.165) is 12.8 Å². The van der Waals surface area contributed by atoms with Crippen molar-refractivity contribution in [2.24, 2.45) is 5.92 Å². The molecule has 3 nitrogen and oxygen atoms in total. The van der Waals surface area contributed by atoms with Crippen LogP contribution in [0.25, 0.3) is 0 Å². The second-order valence-electron chi connectivity index (χ2n) is 4.84. The average Bonchev–Trinajstić information content (AvgIpc) is 2.37. The monoisotopic (exact) mass is 246 g/mol. The zero-order chi connectivity index (χ0) is 13.0. The van der Waals surface area contributed by atoms with E-state index in [1.165, 1.54) is 11.6 Å². The largest absolute Gasteiger partial charge is 0.390 e. The Kier molecular flexibility index (Phi) is 4.28. The lowest BCUT2D eigenvalue weighted by molar-refractivity contribution is -0.128. The first-order valence-electron chi connectivity index (χ1n) is 6.27. The first-order chi connectivity index (χ1) is 8.66. The van der Waals surface area contributed by atoms with Gasteiger partial charge in [0.25, 0.3) is 0 Å². The molecule has 3 unspecified atom stereocenters. The molecule has 0 amide bonds. The highest BCUT2D eigenvalue weighted by Crippen LogP contribution is 2.22. The van der Waals surface area contributed by atoms with Crippen molar-refractivity contribution in [1.82, 2.24) is 0 Å². The van der Waals surface area contributed by atoms with E-state index in [1.807, 2.05) is 18.2 Å². The van der Waals surface area contributed by atoms with Crippen molar-refractivity contribution in [3.8, 4) is 0 Å². The first kappa shape index (κ1) is 13.0. The summed E-state index contributed by atoms with van der Waals surface area (Å²) in [7, 11) is 0. The molecule has 96 valence electrons. The van der Waals surface area contributed by atoms with Gasteiger partial charge in [-0.05, 0) is 36.8 Å². The molecule has 0 saturated heterocycles. The van der Waals surface area contributed by atoms with Crippen LogP contribution in [0.1, 0.15) is 18.4 Å². The van der Waals surface area contributed by atoms with Gasteiger partial charge in [-0.1, -0.05) is 36.4 Å². The molecule has 1 aromatic rings. The maximum absolute atomic E-state index is 11.3. The van der Waals surface area contributed by atoms with Crippen molar-refractivity contribution in [1.29, 1.82) is 0 Å². The highest BCUT2D eigenvalue weighted by atomic mass is 16.3. The summed E-state index contributed by atoms with van der Waals surface area (Å²) in [5, 5.41) is 19.4. The van der Waals surface area contributed by atoms with Crippen LogP contribution in [0, 0.1) is 5.92 Å². The number of aliphatic hydroxyl groups excluding tert-OH is 2. The van der Waals surface area contributed by atoms with Crippen molar-refractivity contribution < 1.29 is 15.0 Å². The van der Waals surface area contributed by atoms with Gasteiger partial charge in [-0.3, -0.25) is 4.79 Å². The van der Waals surface area contributed by atoms with Crippen LogP contribution in [0.15, 0.2) is 42.5 Å². The number of benzene rings is 1. The van der Waals surface area contributed by atoms with E-state index < -0.39 is 18.0 Å². The SMILES string of the molecule is O=C1/C=C\CC(Cc2ccccc2)CC(O)C1O. The Morgan fingerprint density at radius 1 is 1.17 bits per heavy atom. The Morgan fingerprint density at radius 3 is 2.61 bits per heavy atom. The van der Waals surface area contributed by atoms with Crippen LogP contribution in [0.5, 0.6) is 0 Å². The van der Waals surface area contributed by atoms with Gasteiger partial charge in [0, 0.05) is 0 Å². The molecular formula is C15H18O3. The molecule has 0 bridgehead atoms. The van der Waals surface area contributed by atoms with E-state index in [4.69, 9.17) is 0 Å². The Balaban J connectivity index is 2.05. The number of hydrogen-bond acceptors (Lipinski definition) is 3. The lowest BCUT2D eigenvalue weighted by Gasteiger charge is -2.23. The zero-order valence-electron chi connectivity index (χ0n) is 10.2. The van der Waals surface area contributed by atoms with Crippen molar-refractivity contribution in [2.75, 3.05) is 0 Å². The van der Waals surface area contributed by atoms with E-state index in [2.05, 4.69) is 12.1 Å². The smallest absolute Gasteiger partial charge is 0.186 e. The number of rotatable bonds is 2. The fourth-order valence-electron chi connectivity index (χ4n) is 2.35. The van der Waals surface area contributed by atoms with Crippen molar-refractivity contribution in [3.05, 3.63) is 48.0 Å². The number of ketones is 1. The van der Waals surface area contributed by atoms with Crippen LogP contribution in [-0.4, -0.2) is 28.2 Å². The molecule has 0 aromatic heterocycles. The minimum atomic E-state index is -1.28. The lowest BCUT2D eigenvalue weighted by Crippen LogP contribution is -2.35. The van der Waals surface area contributed by atoms with Crippen LogP contribution in [0.3, 0.4) is 0 Å². The molecule has 0 radical (unpaired) electrons. The van der Waals surface area contributed by atoms with Crippen molar-refractivity contribution in [3.63, 3.8) is 0 Å². The quantitative estimate of drug-likeness (QED) is 0.831. The molecule has 3 heteroatoms. The van der Waals surface area contributed by atoms with E-state index in [-0.39, 0.29) is 5.92 Å². The highest BCUT2D eigenvalue weighted by molar-refractivity contribution is 5.93. The van der Waals surface area contributed by atoms with E-state index in [1.54, 1.807) is 6.08 Å². The van der Waals surface area contributed by atoms with E-state index in [9.17, 15) is 15.0 Å². The first-order valence-corrected chi connectivity index (χ1v) is 6.27. The summed E-state index contributed by atoms with van der Waals surface area (Å²) in [5.41, 5.74) is 1.21. The fourth-order valence-corrected chi connectivity index (χ4v) is 2.35. The van der Waals surface area contributed by atoms with Gasteiger partial charge in [0.2, 0.25) is 0 Å². The summed E-state index contributed by atoms with van der Waals surface area (Å²) < 4.78 is 0. The van der Waals surface area contributed by atoms with Crippen molar-refractivity contribution in [2.45, 2.75) is 31.5 Å². The standard InChI is InChI=1S/C15H18O3/c16-13-8-4-7-12(10-14(17)15(13)18)9-11-5-2-1-3-6-11/h1-6,8,12,14-15,17-18H,7,9-10H2/b8-4-. The van der Waals surface area contributed by atoms with Gasteiger partial charge in [0.05, 0.1) is 6.10 Å². The molecule has 0 aliphatic heterocycles. The number of allylic oxidation sites excluding steroid dienone is 1. The molecule has 18 heavy (non-hydrogen) atoms. The van der Waals surface area contributed by atoms with Crippen LogP contribution >= 0.6 is 0 Å². The maximum atomic E-state index is 11.3. The molecule has 0 heterocycles. The molecule has 3 atom stereocenters. The summed E-state index contributed by atoms with van der Waals surface area (Å²) >= 11 is 0. The van der Waals surface area contributed by atoms with Gasteiger partial charge >= 0.3 is 0 Å². The Hall–Kier alpha value is -1.45. The summed E-state index contributed by atoms with van der Waals surface area (Å²) in [4.78, 5) is 11.3. The summed E-state index contributed by atoms with van der Waals surface area (Å²) in [6.07, 6.45) is 2.99. The summed E-state index contributed by atoms with van der Waals surface area (Å²) in [6.45, 7) is 0. The lowest BCUT2D eigenvalue weighted by atomic mass is 9.86. The normalized spacial score (nSPS) is 30.6. The molecule has 2 rings (SSSR count). The highest BCUT2D eigenvalue weighted by Gasteiger charge is 2.26. The van der Waals surface area contributed by atoms with Gasteiger partial charge in [0.15, 0.2) is 5.78 Å². The predicted molar refractivity (Wildman–Crippen MR) is 69.0 cm³/mol. The van der Waals surface area contributed by atoms with Crippen molar-refractivity contribution >= 4 is 5.78 Å². The third-order valence-corrected chi connectivity index (χ3v) is 3.35. The number of carbonyl (C=O) groups excluding carboxylic acids is 1. The average molecular weight is 246 g/mol. The number of aliphatic hydroxyl groups is 2. The topological polar surface area (TPSA) is 57.5 Å². The van der Waals surface area contributed by atoms with E-state index >= 15 is 0 Å². The zero-order valence-corrected chi connectivity index (χ0v) is 10.2. The van der Waals surface area contributed by atoms with E-state index in [0.29, 0.717) is 6.42 Å². The fraction of sp³-hybridized carbons (Fsp3) is 0.400. The second kappa shape index (κ2) is 5.94. The van der Waals surface area contributed by atoms with Crippen LogP contribution in [0.2, 0.25) is 0 Å². The summed E-state index contributed by atoms with van der Waals surface area (Å²) in [5.74, 6) is -0.151. The molecule has 0 saturated carbocycles. The second-order valence-corrected chi connectivity index (χ2v) is 4.84. The molecular weight excluding hydrogens is 228 g/mol. The molecule has 0 spiro atoms. The third kappa shape index (κ3) is 3.28. The minimum absolute atomic E-state index is 0.251. The molecule has 1 aliphatic rings. The van der Waals surface area contributed by atoms with Crippen LogP contribution in [-0.2, 0) is 11.2 Å². The van der Waals surface area contributed by atoms with Gasteiger partial charge < -0.3 is 10.2 Å². The minimum Gasteiger partial charge on any atom is -0.390 e. The van der Waals surface area contributed by atoms with Gasteiger partial charge in [-0.25, -0.2) is 0 Å². The Morgan fingerprint density at radius 2 is 1.89 bits per heavy atom. The molecule has 1 aromatic carbocycles. The van der Waals surface area contributed by atoms with Gasteiger partial charge in [0.1, 0.15) is 6.10 Å². The Labute approximate surface area is 107 Å². The molecule has 1 aliphatic carbocycles. The van der Waals surface area contributed by atoms with Crippen LogP contribution in [0.4, 0.5) is 0 Å². The molecule has 2 N–H and O–H groups in total. The Bertz CT molecular complexity index is 425. The molecule has 0 fully saturated rings. The summed E-state index contributed by atoms with van der Waals surface area (Å²) in [6, 6.07) is 10.1. The van der Waals surface area contributed by atoms with Gasteiger partial charge in [-0.2, -0.15) is 0 Å². The number of carbonyl (C=O) groups is 1. The van der Waals surface area contributed by atoms with Crippen LogP contribution < -0.4 is 0 Å².